The summed E-state index contributed by atoms with van der Waals surface area (Å²) >= 11 is 0. The van der Waals surface area contributed by atoms with Crippen molar-refractivity contribution in [2.75, 3.05) is 0 Å². The van der Waals surface area contributed by atoms with Crippen molar-refractivity contribution >= 4 is 89.7 Å². The standard InChI is InChI=1S/C101H61F6N11/c102-100(103,104)88-34-17-15-32-80(88)78-47-41-74(56-86(78)98-113-94(62-21-5-1-6-22-62)111-95(114-98)63-23-7-2-8-24-63)117-90-49-40-68(66-30-19-20-61(50-66)58-108)52-85(90)84-44-37-69(53-91(84)117)67-36-43-77(73(51-67)60-110)71-39-46-83-82-45-38-70(76-31-14-13-29-72(76)59-109)54-92(82)118(93(83)55-71)75-42-48-79(81-33-16-18-35-89(81)101(105,106)107)87(57-75)99-115-96(64-25-9-3-10-26-64)112-97(116-99)65-27-11-4-12-28-65/h1-31,34-57H,32-33H2,(H,111,113,114)(H,112,115,116). The van der Waals surface area contributed by atoms with Gasteiger partial charge in [0, 0.05) is 65.6 Å². The smallest absolute Gasteiger partial charge is 0.324 e. The Hall–Kier alpha value is -15.8. The van der Waals surface area contributed by atoms with E-state index in [0.29, 0.717) is 111 Å². The normalized spacial score (nSPS) is 16.1. The first-order chi connectivity index (χ1) is 57.6. The molecule has 0 atom stereocenters. The van der Waals surface area contributed by atoms with Crippen molar-refractivity contribution in [3.05, 3.63) is 405 Å². The summed E-state index contributed by atoms with van der Waals surface area (Å²) in [7, 11) is 0. The van der Waals surface area contributed by atoms with Crippen LogP contribution in [-0.4, -0.2) is 44.8 Å². The lowest BCUT2D eigenvalue weighted by Gasteiger charge is -2.20. The summed E-state index contributed by atoms with van der Waals surface area (Å²) in [5, 5.41) is 43.7. The number of halogens is 6. The van der Waals surface area contributed by atoms with Crippen molar-refractivity contribution in [3.8, 4) is 74.1 Å². The highest BCUT2D eigenvalue weighted by Crippen LogP contribution is 2.43. The van der Waals surface area contributed by atoms with Crippen LogP contribution in [-0.2, 0) is 0 Å². The monoisotopic (exact) mass is 1540 g/mol. The van der Waals surface area contributed by atoms with Gasteiger partial charge in [0.1, 0.15) is 23.3 Å². The number of aliphatic imine (C=N–C) groups is 4. The molecule has 11 nitrogen and oxygen atoms in total. The van der Waals surface area contributed by atoms with Crippen molar-refractivity contribution in [3.63, 3.8) is 0 Å². The van der Waals surface area contributed by atoms with E-state index in [2.05, 4.69) is 50.1 Å². The fourth-order valence-electron chi connectivity index (χ4n) is 16.3. The van der Waals surface area contributed by atoms with Crippen molar-refractivity contribution in [2.24, 2.45) is 20.0 Å². The van der Waals surface area contributed by atoms with Gasteiger partial charge in [-0.2, -0.15) is 42.1 Å². The van der Waals surface area contributed by atoms with Crippen LogP contribution in [0.4, 0.5) is 26.3 Å². The number of benzene rings is 13. The topological polar surface area (TPSA) is 155 Å². The maximum absolute atomic E-state index is 15.4. The molecule has 4 aliphatic rings. The molecule has 0 unspecified atom stereocenters. The second kappa shape index (κ2) is 29.6. The molecule has 118 heavy (non-hydrogen) atoms. The molecule has 19 rings (SSSR count). The molecule has 13 aromatic carbocycles. The molecule has 0 spiro atoms. The Morgan fingerprint density at radius 1 is 0.314 bits per heavy atom. The zero-order chi connectivity index (χ0) is 80.3. The molecule has 0 fully saturated rings. The summed E-state index contributed by atoms with van der Waals surface area (Å²) in [6, 6.07) is 100. The SMILES string of the molecule is N#Cc1cccc(-c2ccc3c(c2)c2ccc(-c4ccc(-c5ccc6c7ccc(-c8ccccc8C#N)cc7n(-c7ccc(=C8CC=CC=C8C(F)(F)F)c(=C8N=C(c9ccccc9)N=C(c9ccccc9)N8)c7)c6c5)c(C#N)c4)cc2n3-c2ccc(=C3CC=CC=C3C(F)(F)F)c(=C3N=C(c4ccccc4)N=C(c4ccccc4)N3)c2)c1. The summed E-state index contributed by atoms with van der Waals surface area (Å²) in [6.07, 6.45) is -0.952. The number of hydrogen-bond acceptors (Lipinski definition) is 9. The zero-order valence-electron chi connectivity index (χ0n) is 62.5. The predicted octanol–water partition coefficient (Wildman–Crippen LogP) is 20.5. The Balaban J connectivity index is 0.807. The number of nitrogens with zero attached hydrogens (tertiary/aromatic N) is 9. The van der Waals surface area contributed by atoms with Gasteiger partial charge in [0.25, 0.3) is 0 Å². The average molecular weight is 1540 g/mol. The van der Waals surface area contributed by atoms with Gasteiger partial charge in [-0.3, -0.25) is 0 Å². The Bertz CT molecular complexity index is 7460. The fraction of sp³-hybridized carbons (Fsp3) is 0.0396. The number of fused-ring (bicyclic) bond motifs is 6. The minimum atomic E-state index is -4.71. The molecule has 2 aliphatic heterocycles. The molecule has 2 aromatic heterocycles. The number of amidine groups is 4. The van der Waals surface area contributed by atoms with Gasteiger partial charge in [0.15, 0.2) is 11.7 Å². The first-order valence-corrected chi connectivity index (χ1v) is 38.1. The van der Waals surface area contributed by atoms with Gasteiger partial charge in [0.2, 0.25) is 0 Å². The highest BCUT2D eigenvalue weighted by Gasteiger charge is 2.38. The summed E-state index contributed by atoms with van der Waals surface area (Å²) in [5.41, 5.74) is 12.6. The molecular formula is C101H61F6N11. The van der Waals surface area contributed by atoms with E-state index in [4.69, 9.17) is 20.0 Å². The van der Waals surface area contributed by atoms with Gasteiger partial charge in [-0.1, -0.05) is 255 Å². The minimum absolute atomic E-state index is 0.0115. The van der Waals surface area contributed by atoms with Gasteiger partial charge in [-0.05, 0) is 158 Å². The van der Waals surface area contributed by atoms with E-state index < -0.39 is 23.5 Å². The first-order valence-electron chi connectivity index (χ1n) is 38.1. The average Bonchev–Trinajstić information content (AvgIpc) is 1.53. The molecule has 4 heterocycles. The highest BCUT2D eigenvalue weighted by molar-refractivity contribution is 6.18. The van der Waals surface area contributed by atoms with Crippen LogP contribution in [0.1, 0.15) is 51.8 Å². The van der Waals surface area contributed by atoms with Crippen LogP contribution in [0.3, 0.4) is 0 Å². The Morgan fingerprint density at radius 2 is 0.729 bits per heavy atom. The van der Waals surface area contributed by atoms with E-state index in [1.54, 1.807) is 36.4 Å². The lowest BCUT2D eigenvalue weighted by Crippen LogP contribution is -2.39. The molecule has 0 amide bonds. The highest BCUT2D eigenvalue weighted by atomic mass is 19.4. The van der Waals surface area contributed by atoms with Crippen LogP contribution in [0.15, 0.2) is 365 Å². The molecule has 0 saturated carbocycles. The van der Waals surface area contributed by atoms with E-state index >= 15 is 26.3 Å². The number of alkyl halides is 6. The summed E-state index contributed by atoms with van der Waals surface area (Å²) in [6.45, 7) is 0. The van der Waals surface area contributed by atoms with Crippen LogP contribution in [0.5, 0.6) is 0 Å². The number of hydrogen-bond donors (Lipinski definition) is 2. The third-order valence-corrected chi connectivity index (χ3v) is 21.9. The van der Waals surface area contributed by atoms with E-state index in [-0.39, 0.29) is 35.6 Å². The maximum Gasteiger partial charge on any atom is 0.416 e. The van der Waals surface area contributed by atoms with Gasteiger partial charge in [-0.15, -0.1) is 0 Å². The second-order valence-corrected chi connectivity index (χ2v) is 28.9. The largest absolute Gasteiger partial charge is 0.416 e. The van der Waals surface area contributed by atoms with E-state index in [1.165, 1.54) is 12.2 Å². The van der Waals surface area contributed by atoms with Crippen LogP contribution in [0, 0.1) is 34.0 Å². The molecular weight excluding hydrogens is 1480 g/mol. The minimum Gasteiger partial charge on any atom is -0.324 e. The van der Waals surface area contributed by atoms with Gasteiger partial charge >= 0.3 is 12.4 Å². The Morgan fingerprint density at radius 3 is 1.24 bits per heavy atom. The van der Waals surface area contributed by atoms with Crippen molar-refractivity contribution in [2.45, 2.75) is 25.2 Å². The number of rotatable bonds is 10. The van der Waals surface area contributed by atoms with E-state index in [9.17, 15) is 15.8 Å². The van der Waals surface area contributed by atoms with Crippen LogP contribution in [0.25, 0.3) is 122 Å². The third-order valence-electron chi connectivity index (χ3n) is 21.9. The molecule has 562 valence electrons. The Kier molecular flexibility index (Phi) is 18.2. The molecule has 2 N–H and O–H groups in total. The van der Waals surface area contributed by atoms with E-state index in [0.717, 1.165) is 83.6 Å². The summed E-state index contributed by atoms with van der Waals surface area (Å²) in [4.78, 5) is 20.4. The lowest BCUT2D eigenvalue weighted by molar-refractivity contribution is -0.0883. The summed E-state index contributed by atoms with van der Waals surface area (Å²) < 4.78 is 96.7. The van der Waals surface area contributed by atoms with Crippen LogP contribution < -0.4 is 31.5 Å². The molecule has 0 bridgehead atoms. The van der Waals surface area contributed by atoms with Crippen LogP contribution >= 0.6 is 0 Å². The molecule has 17 heteroatoms. The number of nitriles is 3. The van der Waals surface area contributed by atoms with E-state index in [1.807, 2.05) is 261 Å². The van der Waals surface area contributed by atoms with Crippen molar-refractivity contribution < 1.29 is 26.3 Å². The zero-order valence-corrected chi connectivity index (χ0v) is 62.5. The predicted molar refractivity (Wildman–Crippen MR) is 457 cm³/mol. The molecule has 0 radical (unpaired) electrons. The van der Waals surface area contributed by atoms with Gasteiger partial charge in [0.05, 0.1) is 68.1 Å². The Labute approximate surface area is 671 Å². The first kappa shape index (κ1) is 72.5. The third kappa shape index (κ3) is 13.3. The number of allylic oxidation sites excluding steroid dienone is 8. The van der Waals surface area contributed by atoms with Gasteiger partial charge in [-0.25, -0.2) is 20.0 Å². The molecule has 0 saturated heterocycles. The summed E-state index contributed by atoms with van der Waals surface area (Å²) in [5.74, 6) is 2.12. The van der Waals surface area contributed by atoms with Crippen molar-refractivity contribution in [1.29, 1.82) is 15.8 Å². The van der Waals surface area contributed by atoms with Crippen molar-refractivity contribution in [1.82, 2.24) is 19.8 Å². The fourth-order valence-corrected chi connectivity index (χ4v) is 16.3. The molecule has 2 aliphatic carbocycles. The lowest BCUT2D eigenvalue weighted by atomic mass is 9.94. The van der Waals surface area contributed by atoms with Gasteiger partial charge < -0.3 is 19.8 Å². The number of aromatic nitrogens is 2. The quantitative estimate of drug-likeness (QED) is 0.130. The maximum atomic E-state index is 15.4. The second-order valence-electron chi connectivity index (χ2n) is 28.9. The molecule has 15 aromatic rings. The van der Waals surface area contributed by atoms with Crippen LogP contribution in [0.2, 0.25) is 0 Å². The number of nitrogens with one attached hydrogen (secondary N) is 2.